The highest BCUT2D eigenvalue weighted by Crippen LogP contribution is 2.55. The van der Waals surface area contributed by atoms with Gasteiger partial charge in [0.05, 0.1) is 23.2 Å². The molecule has 1 aromatic heterocycles. The molecule has 3 aliphatic rings. The van der Waals surface area contributed by atoms with Gasteiger partial charge in [-0.15, -0.1) is 0 Å². The van der Waals surface area contributed by atoms with Crippen molar-refractivity contribution in [1.82, 2.24) is 10.2 Å². The van der Waals surface area contributed by atoms with E-state index >= 15 is 4.39 Å². The van der Waals surface area contributed by atoms with E-state index in [0.29, 0.717) is 49.2 Å². The number of hydrogen-bond acceptors (Lipinski definition) is 5. The SMILES string of the molecule is NC(CN1C(=O)C2=C(CCC23CCNCC3)[N@+](Cc2ccc(Cl)o2)(Cc2c(F)cccc2C(F)(F)F)C1=O)c1ccccc1. The zero-order valence-electron chi connectivity index (χ0n) is 23.8. The summed E-state index contributed by atoms with van der Waals surface area (Å²) in [5, 5.41) is 3.34. The molecule has 1 spiro atoms. The van der Waals surface area contributed by atoms with Crippen LogP contribution in [0.15, 0.2) is 76.4 Å². The predicted octanol–water partition coefficient (Wildman–Crippen LogP) is 6.69. The van der Waals surface area contributed by atoms with Crippen molar-refractivity contribution in [3.8, 4) is 0 Å². The van der Waals surface area contributed by atoms with Gasteiger partial charge < -0.3 is 15.5 Å². The number of furan rings is 1. The van der Waals surface area contributed by atoms with E-state index in [2.05, 4.69) is 5.32 Å². The highest BCUT2D eigenvalue weighted by molar-refractivity contribution is 6.28. The average Bonchev–Trinajstić information content (AvgIpc) is 3.58. The van der Waals surface area contributed by atoms with E-state index in [4.69, 9.17) is 21.8 Å². The third-order valence-corrected chi connectivity index (χ3v) is 9.51. The van der Waals surface area contributed by atoms with Gasteiger partial charge in [-0.2, -0.15) is 13.2 Å². The number of alkyl halides is 3. The number of hydrogen-bond donors (Lipinski definition) is 2. The first-order chi connectivity index (χ1) is 20.9. The van der Waals surface area contributed by atoms with E-state index in [9.17, 15) is 22.8 Å². The maximum atomic E-state index is 15.5. The van der Waals surface area contributed by atoms with Gasteiger partial charge in [0.15, 0.2) is 17.5 Å². The van der Waals surface area contributed by atoms with E-state index in [1.165, 1.54) is 12.1 Å². The summed E-state index contributed by atoms with van der Waals surface area (Å²) in [6.07, 6.45) is -2.83. The molecule has 1 unspecified atom stereocenters. The van der Waals surface area contributed by atoms with Gasteiger partial charge in [-0.25, -0.2) is 18.6 Å². The van der Waals surface area contributed by atoms with Crippen LogP contribution in [0.2, 0.25) is 5.22 Å². The zero-order chi connectivity index (χ0) is 31.3. The molecule has 0 saturated carbocycles. The smallest absolute Gasteiger partial charge is 0.431 e. The summed E-state index contributed by atoms with van der Waals surface area (Å²) in [5.41, 5.74) is 5.61. The number of rotatable bonds is 7. The van der Waals surface area contributed by atoms with Crippen LogP contribution in [0.5, 0.6) is 0 Å². The first-order valence-corrected chi connectivity index (χ1v) is 14.9. The highest BCUT2D eigenvalue weighted by Gasteiger charge is 2.61. The summed E-state index contributed by atoms with van der Waals surface area (Å²) >= 11 is 6.08. The second-order valence-corrected chi connectivity index (χ2v) is 12.2. The number of amides is 3. The number of imide groups is 1. The molecule has 44 heavy (non-hydrogen) atoms. The zero-order valence-corrected chi connectivity index (χ0v) is 24.6. The summed E-state index contributed by atoms with van der Waals surface area (Å²) in [4.78, 5) is 30.3. The first kappa shape index (κ1) is 30.5. The molecule has 2 atom stereocenters. The molecule has 1 aliphatic carbocycles. The quantitative estimate of drug-likeness (QED) is 0.224. The molecule has 2 aromatic carbocycles. The van der Waals surface area contributed by atoms with Crippen LogP contribution in [-0.4, -0.2) is 41.0 Å². The van der Waals surface area contributed by atoms with Gasteiger partial charge in [0.1, 0.15) is 18.1 Å². The lowest BCUT2D eigenvalue weighted by Gasteiger charge is -2.45. The van der Waals surface area contributed by atoms with Crippen molar-refractivity contribution in [1.29, 1.82) is 0 Å². The molecule has 3 aromatic rings. The lowest BCUT2D eigenvalue weighted by Crippen LogP contribution is -2.63. The largest absolute Gasteiger partial charge is 0.444 e. The van der Waals surface area contributed by atoms with Gasteiger partial charge in [-0.3, -0.25) is 4.79 Å². The fourth-order valence-electron chi connectivity index (χ4n) is 7.17. The van der Waals surface area contributed by atoms with Crippen LogP contribution < -0.4 is 11.1 Å². The molecule has 7 nitrogen and oxygen atoms in total. The lowest BCUT2D eigenvalue weighted by molar-refractivity contribution is -0.846. The number of carbonyl (C=O) groups is 2. The Labute approximate surface area is 256 Å². The molecular formula is C32H32ClF4N4O3+. The van der Waals surface area contributed by atoms with Crippen molar-refractivity contribution in [2.75, 3.05) is 19.6 Å². The highest BCUT2D eigenvalue weighted by atomic mass is 35.5. The van der Waals surface area contributed by atoms with Gasteiger partial charge in [-0.05, 0) is 73.8 Å². The Kier molecular flexibility index (Phi) is 7.94. The van der Waals surface area contributed by atoms with E-state index in [1.807, 2.05) is 6.07 Å². The minimum atomic E-state index is -4.89. The molecule has 12 heteroatoms. The van der Waals surface area contributed by atoms with Crippen molar-refractivity contribution < 1.29 is 36.1 Å². The summed E-state index contributed by atoms with van der Waals surface area (Å²) in [7, 11) is 0. The maximum absolute atomic E-state index is 15.5. The van der Waals surface area contributed by atoms with E-state index in [-0.39, 0.29) is 30.5 Å². The third-order valence-electron chi connectivity index (χ3n) is 9.31. The monoisotopic (exact) mass is 631 g/mol. The number of urea groups is 1. The van der Waals surface area contributed by atoms with E-state index < -0.39 is 57.5 Å². The Bertz CT molecular complexity index is 1620. The second-order valence-electron chi connectivity index (χ2n) is 11.8. The molecule has 3 N–H and O–H groups in total. The third kappa shape index (κ3) is 5.25. The Morgan fingerprint density at radius 2 is 1.73 bits per heavy atom. The number of piperidine rings is 1. The van der Waals surface area contributed by atoms with E-state index in [1.54, 1.807) is 24.3 Å². The Balaban J connectivity index is 1.57. The number of fused-ring (bicyclic) bond motifs is 1. The van der Waals surface area contributed by atoms with Crippen LogP contribution >= 0.6 is 11.6 Å². The van der Waals surface area contributed by atoms with Crippen LogP contribution in [0.1, 0.15) is 54.2 Å². The van der Waals surface area contributed by atoms with Crippen molar-refractivity contribution in [2.45, 2.75) is 51.0 Å². The molecule has 2 aliphatic heterocycles. The molecule has 6 rings (SSSR count). The van der Waals surface area contributed by atoms with Gasteiger partial charge in [0.25, 0.3) is 5.91 Å². The molecule has 1 saturated heterocycles. The number of carbonyl (C=O) groups excluding carboxylic acids is 2. The summed E-state index contributed by atoms with van der Waals surface area (Å²) in [5.74, 6) is -1.37. The average molecular weight is 632 g/mol. The Morgan fingerprint density at radius 1 is 1.00 bits per heavy atom. The van der Waals surface area contributed by atoms with Gasteiger partial charge in [0.2, 0.25) is 0 Å². The number of halogens is 5. The molecule has 232 valence electrons. The standard InChI is InChI=1S/C32H32ClF4N4O3/c33-27-10-9-21(44-27)18-41(19-22-23(32(35,36)37)7-4-8-24(22)34)26-11-12-31(13-15-39-16-14-31)28(26)29(42)40(30(41)43)17-25(38)20-5-2-1-3-6-20/h1-10,25,39H,11-19,38H2/q+1/t25?,41-/m0/s1. The number of benzene rings is 2. The van der Waals surface area contributed by atoms with Crippen LogP contribution in [0.25, 0.3) is 0 Å². The molecule has 0 radical (unpaired) electrons. The number of nitrogens with two attached hydrogens (primary N) is 1. The number of quaternary nitrogens is 1. The van der Waals surface area contributed by atoms with Gasteiger partial charge >= 0.3 is 12.2 Å². The normalized spacial score (nSPS) is 22.5. The van der Waals surface area contributed by atoms with Crippen LogP contribution in [0.4, 0.5) is 22.4 Å². The minimum absolute atomic E-state index is 0.0268. The molecular weight excluding hydrogens is 600 g/mol. The summed E-state index contributed by atoms with van der Waals surface area (Å²) in [6, 6.07) is 13.1. The summed E-state index contributed by atoms with van der Waals surface area (Å²) < 4.78 is 63.2. The maximum Gasteiger partial charge on any atom is 0.431 e. The van der Waals surface area contributed by atoms with Crippen LogP contribution in [0.3, 0.4) is 0 Å². The Hall–Kier alpha value is -3.51. The second kappa shape index (κ2) is 11.4. The van der Waals surface area contributed by atoms with E-state index in [0.717, 1.165) is 23.1 Å². The topological polar surface area (TPSA) is 88.6 Å². The fraction of sp³-hybridized carbons (Fsp3) is 0.375. The summed E-state index contributed by atoms with van der Waals surface area (Å²) in [6.45, 7) is 0.113. The van der Waals surface area contributed by atoms with Crippen molar-refractivity contribution in [2.24, 2.45) is 11.1 Å². The molecule has 1 fully saturated rings. The van der Waals surface area contributed by atoms with Crippen molar-refractivity contribution >= 4 is 23.5 Å². The fourth-order valence-corrected chi connectivity index (χ4v) is 7.33. The van der Waals surface area contributed by atoms with Crippen molar-refractivity contribution in [3.63, 3.8) is 0 Å². The molecule has 3 heterocycles. The van der Waals surface area contributed by atoms with Crippen LogP contribution in [0, 0.1) is 11.2 Å². The predicted molar refractivity (Wildman–Crippen MR) is 154 cm³/mol. The van der Waals surface area contributed by atoms with Crippen molar-refractivity contribution in [3.05, 3.63) is 105 Å². The molecule has 3 amide bonds. The number of allylic oxidation sites excluding steroid dienone is 1. The molecule has 0 bridgehead atoms. The Morgan fingerprint density at radius 3 is 2.39 bits per heavy atom. The van der Waals surface area contributed by atoms with Gasteiger partial charge in [-0.1, -0.05) is 36.4 Å². The minimum Gasteiger partial charge on any atom is -0.444 e. The number of nitrogens with zero attached hydrogens (tertiary/aromatic N) is 2. The van der Waals surface area contributed by atoms with Crippen LogP contribution in [-0.2, 0) is 24.1 Å². The number of nitrogens with one attached hydrogen (secondary N) is 1. The lowest BCUT2D eigenvalue weighted by atomic mass is 9.72. The first-order valence-electron chi connectivity index (χ1n) is 14.5. The van der Waals surface area contributed by atoms with Gasteiger partial charge in [0, 0.05) is 17.9 Å².